The molecule has 2 N–H and O–H groups in total. The number of isocyanates is 2. The van der Waals surface area contributed by atoms with Gasteiger partial charge in [-0.1, -0.05) is 12.1 Å². The molecule has 2 amide bonds. The van der Waals surface area contributed by atoms with Gasteiger partial charge in [0.2, 0.25) is 12.2 Å². The molecule has 0 aliphatic carbocycles. The summed E-state index contributed by atoms with van der Waals surface area (Å²) in [5, 5.41) is 0. The van der Waals surface area contributed by atoms with Crippen molar-refractivity contribution < 1.29 is 14.4 Å². The van der Waals surface area contributed by atoms with Gasteiger partial charge in [-0.3, -0.25) is 4.90 Å². The highest BCUT2D eigenvalue weighted by Crippen LogP contribution is 2.39. The molecule has 0 unspecified atom stereocenters. The van der Waals surface area contributed by atoms with Crippen molar-refractivity contribution in [3.63, 3.8) is 0 Å². The van der Waals surface area contributed by atoms with E-state index < -0.39 is 6.03 Å². The first-order valence-electron chi connectivity index (χ1n) is 6.94. The molecule has 0 bridgehead atoms. The fourth-order valence-corrected chi connectivity index (χ4v) is 2.29. The topological polar surface area (TPSA) is 105 Å². The quantitative estimate of drug-likeness (QED) is 0.688. The maximum Gasteiger partial charge on any atom is 0.324 e. The second-order valence-electron chi connectivity index (χ2n) is 5.06. The normalized spacial score (nSPS) is 9.58. The molecular weight excluding hydrogens is 308 g/mol. The van der Waals surface area contributed by atoms with Crippen LogP contribution in [0.5, 0.6) is 0 Å². The van der Waals surface area contributed by atoms with Gasteiger partial charge in [-0.05, 0) is 49.2 Å². The Morgan fingerprint density at radius 3 is 1.67 bits per heavy atom. The lowest BCUT2D eigenvalue weighted by atomic mass is 10.1. The van der Waals surface area contributed by atoms with E-state index in [1.165, 1.54) is 12.2 Å². The van der Waals surface area contributed by atoms with Crippen LogP contribution in [-0.2, 0) is 9.59 Å². The highest BCUT2D eigenvalue weighted by atomic mass is 16.2. The van der Waals surface area contributed by atoms with E-state index in [4.69, 9.17) is 5.73 Å². The van der Waals surface area contributed by atoms with Crippen LogP contribution < -0.4 is 10.6 Å². The average molecular weight is 322 g/mol. The van der Waals surface area contributed by atoms with Gasteiger partial charge in [-0.2, -0.15) is 9.98 Å². The van der Waals surface area contributed by atoms with Gasteiger partial charge in [-0.25, -0.2) is 14.4 Å². The minimum absolute atomic E-state index is 0.227. The van der Waals surface area contributed by atoms with E-state index in [0.717, 1.165) is 16.0 Å². The lowest BCUT2D eigenvalue weighted by Gasteiger charge is -2.23. The zero-order valence-corrected chi connectivity index (χ0v) is 13.1. The van der Waals surface area contributed by atoms with Crippen molar-refractivity contribution in [2.75, 3.05) is 4.90 Å². The lowest BCUT2D eigenvalue weighted by Crippen LogP contribution is -2.31. The summed E-state index contributed by atoms with van der Waals surface area (Å²) in [4.78, 5) is 41.8. The van der Waals surface area contributed by atoms with Gasteiger partial charge in [0.05, 0.1) is 11.4 Å². The Kier molecular flexibility index (Phi) is 5.02. The van der Waals surface area contributed by atoms with Gasteiger partial charge in [0.1, 0.15) is 11.4 Å². The van der Waals surface area contributed by atoms with Crippen LogP contribution in [-0.4, -0.2) is 18.2 Å². The van der Waals surface area contributed by atoms with E-state index in [0.29, 0.717) is 0 Å². The molecule has 0 saturated heterocycles. The number of anilines is 2. The first kappa shape index (κ1) is 16.8. The number of nitrogens with zero attached hydrogens (tertiary/aromatic N) is 3. The van der Waals surface area contributed by atoms with Crippen LogP contribution in [0.1, 0.15) is 11.1 Å². The van der Waals surface area contributed by atoms with Crippen LogP contribution in [0.25, 0.3) is 0 Å². The summed E-state index contributed by atoms with van der Waals surface area (Å²) in [5.74, 6) is 0. The lowest BCUT2D eigenvalue weighted by molar-refractivity contribution is 0.256. The fraction of sp³-hybridized carbons (Fsp3) is 0.118. The Balaban J connectivity index is 2.75. The number of primary amides is 1. The van der Waals surface area contributed by atoms with E-state index in [1.807, 2.05) is 13.8 Å². The minimum atomic E-state index is -0.813. The molecule has 0 radical (unpaired) electrons. The average Bonchev–Trinajstić information content (AvgIpc) is 2.52. The third-order valence-corrected chi connectivity index (χ3v) is 3.30. The summed E-state index contributed by atoms with van der Waals surface area (Å²) < 4.78 is 0. The number of hydrogen-bond acceptors (Lipinski definition) is 5. The number of rotatable bonds is 4. The van der Waals surface area contributed by atoms with E-state index in [1.54, 1.807) is 36.4 Å². The summed E-state index contributed by atoms with van der Waals surface area (Å²) in [6.07, 6.45) is 2.91. The molecule has 2 rings (SSSR count). The molecule has 0 saturated carbocycles. The molecule has 0 fully saturated rings. The van der Waals surface area contributed by atoms with Crippen molar-refractivity contribution in [2.24, 2.45) is 15.7 Å². The van der Waals surface area contributed by atoms with Gasteiger partial charge in [0.25, 0.3) is 0 Å². The maximum absolute atomic E-state index is 12.1. The highest BCUT2D eigenvalue weighted by Gasteiger charge is 2.21. The highest BCUT2D eigenvalue weighted by molar-refractivity contribution is 6.04. The van der Waals surface area contributed by atoms with Crippen molar-refractivity contribution in [1.29, 1.82) is 0 Å². The van der Waals surface area contributed by atoms with Gasteiger partial charge >= 0.3 is 6.03 Å². The van der Waals surface area contributed by atoms with E-state index >= 15 is 0 Å². The molecule has 0 atom stereocenters. The van der Waals surface area contributed by atoms with Gasteiger partial charge in [0, 0.05) is 0 Å². The molecule has 0 aliphatic heterocycles. The number of aryl methyl sites for hydroxylation is 2. The van der Waals surface area contributed by atoms with Crippen LogP contribution in [0.3, 0.4) is 0 Å². The Morgan fingerprint density at radius 1 is 0.917 bits per heavy atom. The number of nitrogens with two attached hydrogens (primary N) is 1. The molecule has 0 spiro atoms. The number of benzene rings is 2. The Labute approximate surface area is 138 Å². The molecule has 7 nitrogen and oxygen atoms in total. The van der Waals surface area contributed by atoms with Gasteiger partial charge in [0.15, 0.2) is 0 Å². The van der Waals surface area contributed by atoms with Crippen molar-refractivity contribution >= 4 is 40.9 Å². The monoisotopic (exact) mass is 322 g/mol. The number of amides is 2. The van der Waals surface area contributed by atoms with Crippen LogP contribution in [0.4, 0.5) is 27.5 Å². The maximum atomic E-state index is 12.1. The summed E-state index contributed by atoms with van der Waals surface area (Å²) in [7, 11) is 0. The predicted molar refractivity (Wildman–Crippen MR) is 89.6 cm³/mol. The van der Waals surface area contributed by atoms with Crippen molar-refractivity contribution in [3.8, 4) is 0 Å². The number of carbonyl (C=O) groups excluding carboxylic acids is 3. The summed E-state index contributed by atoms with van der Waals surface area (Å²) in [5.41, 5.74) is 8.21. The molecule has 7 heteroatoms. The largest absolute Gasteiger partial charge is 0.351 e. The second kappa shape index (κ2) is 7.15. The van der Waals surface area contributed by atoms with Crippen LogP contribution in [0.2, 0.25) is 0 Å². The smallest absolute Gasteiger partial charge is 0.324 e. The molecule has 0 heterocycles. The Morgan fingerprint density at radius 2 is 1.33 bits per heavy atom. The molecule has 120 valence electrons. The molecule has 0 aliphatic rings. The van der Waals surface area contributed by atoms with Crippen molar-refractivity contribution in [2.45, 2.75) is 13.8 Å². The summed E-state index contributed by atoms with van der Waals surface area (Å²) in [6.45, 7) is 3.63. The molecule has 0 aromatic heterocycles. The molecule has 2 aromatic carbocycles. The van der Waals surface area contributed by atoms with Crippen LogP contribution in [0, 0.1) is 13.8 Å². The Bertz CT molecular complexity index is 827. The van der Waals surface area contributed by atoms with Crippen LogP contribution >= 0.6 is 0 Å². The minimum Gasteiger partial charge on any atom is -0.351 e. The number of aliphatic imine (C=N–C) groups is 2. The first-order valence-corrected chi connectivity index (χ1v) is 6.94. The summed E-state index contributed by atoms with van der Waals surface area (Å²) in [6, 6.07) is 9.11. The van der Waals surface area contributed by atoms with Crippen LogP contribution in [0.15, 0.2) is 46.4 Å². The molecule has 24 heavy (non-hydrogen) atoms. The number of hydrogen-bond donors (Lipinski definition) is 1. The zero-order valence-electron chi connectivity index (χ0n) is 13.1. The third-order valence-electron chi connectivity index (χ3n) is 3.30. The zero-order chi connectivity index (χ0) is 17.7. The predicted octanol–water partition coefficient (Wildman–Crippen LogP) is 3.45. The summed E-state index contributed by atoms with van der Waals surface area (Å²) >= 11 is 0. The number of carbonyl (C=O) groups is 1. The van der Waals surface area contributed by atoms with E-state index in [-0.39, 0.29) is 22.7 Å². The SMILES string of the molecule is Cc1ccc(N(C(N)=O)c2ccc(C)cc2N=C=O)c(N=C=O)c1. The van der Waals surface area contributed by atoms with Crippen molar-refractivity contribution in [1.82, 2.24) is 0 Å². The molecule has 2 aromatic rings. The standard InChI is InChI=1S/C17H14N4O3/c1-11-3-5-15(13(7-11)19-9-22)21(17(18)24)16-6-4-12(2)8-14(16)20-10-23/h3-8H,1-2H3,(H2,18,24). The van der Waals surface area contributed by atoms with Gasteiger partial charge in [-0.15, -0.1) is 0 Å². The van der Waals surface area contributed by atoms with E-state index in [9.17, 15) is 14.4 Å². The Hall–Kier alpha value is -3.53. The number of urea groups is 1. The third kappa shape index (κ3) is 3.44. The fourth-order valence-electron chi connectivity index (χ4n) is 2.29. The van der Waals surface area contributed by atoms with Crippen molar-refractivity contribution in [3.05, 3.63) is 47.5 Å². The second-order valence-corrected chi connectivity index (χ2v) is 5.06. The van der Waals surface area contributed by atoms with Gasteiger partial charge < -0.3 is 5.73 Å². The van der Waals surface area contributed by atoms with E-state index in [2.05, 4.69) is 9.98 Å². The first-order chi connectivity index (χ1) is 11.5. The molecular formula is C17H14N4O3.